The van der Waals surface area contributed by atoms with Crippen molar-refractivity contribution in [2.24, 2.45) is 5.92 Å². The minimum atomic E-state index is 0.0201. The van der Waals surface area contributed by atoms with Crippen LogP contribution in [0.2, 0.25) is 0 Å². The number of nitrogens with one attached hydrogen (secondary N) is 1. The summed E-state index contributed by atoms with van der Waals surface area (Å²) in [6.45, 7) is 6.06. The second-order valence-corrected chi connectivity index (χ2v) is 7.20. The molecule has 1 aliphatic heterocycles. The highest BCUT2D eigenvalue weighted by molar-refractivity contribution is 5.92. The molecule has 148 valence electrons. The van der Waals surface area contributed by atoms with Crippen LogP contribution < -0.4 is 10.1 Å². The number of piperidine rings is 1. The number of amides is 1. The first-order valence-electron chi connectivity index (χ1n) is 9.68. The summed E-state index contributed by atoms with van der Waals surface area (Å²) in [5, 5.41) is 13.5. The number of rotatable bonds is 7. The van der Waals surface area contributed by atoms with Gasteiger partial charge in [0.1, 0.15) is 0 Å². The van der Waals surface area contributed by atoms with E-state index in [1.807, 2.05) is 48.5 Å². The summed E-state index contributed by atoms with van der Waals surface area (Å²) in [4.78, 5) is 14.8. The standard InChI is InChI=1S/C23H28N2O3/c1-3-7-17-14-19(22(26)21(15-17)28-2)16-25-12-10-18(11-13-25)23(27)24-20-8-5-4-6-9-20/h3-6,8-9,14-15,18,26H,1,7,10-13,16H2,2H3,(H,24,27). The summed E-state index contributed by atoms with van der Waals surface area (Å²) in [5.41, 5.74) is 2.76. The number of nitrogens with zero attached hydrogens (tertiary/aromatic N) is 1. The minimum absolute atomic E-state index is 0.0201. The quantitative estimate of drug-likeness (QED) is 0.713. The third kappa shape index (κ3) is 4.93. The molecule has 1 amide bonds. The number of carbonyl (C=O) groups is 1. The predicted molar refractivity (Wildman–Crippen MR) is 112 cm³/mol. The molecule has 1 heterocycles. The van der Waals surface area contributed by atoms with E-state index in [0.29, 0.717) is 12.3 Å². The Bertz CT molecular complexity index is 812. The molecule has 0 atom stereocenters. The van der Waals surface area contributed by atoms with Gasteiger partial charge in [0.25, 0.3) is 0 Å². The Hall–Kier alpha value is -2.79. The molecule has 28 heavy (non-hydrogen) atoms. The normalized spacial score (nSPS) is 15.2. The molecule has 3 rings (SSSR count). The number of allylic oxidation sites excluding steroid dienone is 1. The molecule has 0 bridgehead atoms. The van der Waals surface area contributed by atoms with Gasteiger partial charge >= 0.3 is 0 Å². The Morgan fingerprint density at radius 1 is 1.29 bits per heavy atom. The number of phenols is 1. The van der Waals surface area contributed by atoms with Crippen molar-refractivity contribution in [1.29, 1.82) is 0 Å². The lowest BCUT2D eigenvalue weighted by Crippen LogP contribution is -2.37. The van der Waals surface area contributed by atoms with E-state index in [9.17, 15) is 9.90 Å². The number of methoxy groups -OCH3 is 1. The fourth-order valence-electron chi connectivity index (χ4n) is 3.65. The zero-order valence-corrected chi connectivity index (χ0v) is 16.4. The van der Waals surface area contributed by atoms with Gasteiger partial charge in [0.05, 0.1) is 7.11 Å². The number of hydrogen-bond donors (Lipinski definition) is 2. The number of benzene rings is 2. The van der Waals surface area contributed by atoms with Crippen LogP contribution in [-0.4, -0.2) is 36.1 Å². The Morgan fingerprint density at radius 3 is 2.64 bits per heavy atom. The van der Waals surface area contributed by atoms with E-state index < -0.39 is 0 Å². The van der Waals surface area contributed by atoms with Gasteiger partial charge in [-0.3, -0.25) is 9.69 Å². The number of para-hydroxylation sites is 1. The van der Waals surface area contributed by atoms with Crippen LogP contribution in [-0.2, 0) is 17.8 Å². The second-order valence-electron chi connectivity index (χ2n) is 7.20. The van der Waals surface area contributed by atoms with Gasteiger partial charge in [-0.15, -0.1) is 6.58 Å². The number of ether oxygens (including phenoxy) is 1. The summed E-state index contributed by atoms with van der Waals surface area (Å²) >= 11 is 0. The average molecular weight is 380 g/mol. The van der Waals surface area contributed by atoms with Gasteiger partial charge in [0, 0.05) is 23.7 Å². The van der Waals surface area contributed by atoms with Crippen LogP contribution in [0.4, 0.5) is 5.69 Å². The van der Waals surface area contributed by atoms with Crippen molar-refractivity contribution in [3.05, 3.63) is 66.2 Å². The third-order valence-corrected chi connectivity index (χ3v) is 5.21. The first kappa shape index (κ1) is 20.0. The van der Waals surface area contributed by atoms with Gasteiger partial charge < -0.3 is 15.2 Å². The number of carbonyl (C=O) groups excluding carboxylic acids is 1. The van der Waals surface area contributed by atoms with E-state index in [1.165, 1.54) is 0 Å². The first-order valence-corrected chi connectivity index (χ1v) is 9.68. The Kier molecular flexibility index (Phi) is 6.71. The van der Waals surface area contributed by atoms with Crippen molar-refractivity contribution >= 4 is 11.6 Å². The molecule has 0 aliphatic carbocycles. The molecular weight excluding hydrogens is 352 g/mol. The van der Waals surface area contributed by atoms with E-state index in [0.717, 1.165) is 49.2 Å². The lowest BCUT2D eigenvalue weighted by Gasteiger charge is -2.31. The number of likely N-dealkylation sites (tertiary alicyclic amines) is 1. The van der Waals surface area contributed by atoms with Crippen molar-refractivity contribution < 1.29 is 14.6 Å². The molecule has 2 N–H and O–H groups in total. The zero-order valence-electron chi connectivity index (χ0n) is 16.4. The van der Waals surface area contributed by atoms with Crippen molar-refractivity contribution in [2.75, 3.05) is 25.5 Å². The topological polar surface area (TPSA) is 61.8 Å². The highest BCUT2D eigenvalue weighted by Gasteiger charge is 2.26. The average Bonchev–Trinajstić information content (AvgIpc) is 2.71. The number of aromatic hydroxyl groups is 1. The van der Waals surface area contributed by atoms with Crippen LogP contribution in [0.15, 0.2) is 55.1 Å². The maximum atomic E-state index is 12.5. The summed E-state index contributed by atoms with van der Waals surface area (Å²) in [5.74, 6) is 0.792. The van der Waals surface area contributed by atoms with Gasteiger partial charge in [-0.05, 0) is 56.1 Å². The number of phenolic OH excluding ortho intramolecular Hbond substituents is 1. The van der Waals surface area contributed by atoms with Crippen LogP contribution in [0, 0.1) is 5.92 Å². The van der Waals surface area contributed by atoms with Crippen LogP contribution >= 0.6 is 0 Å². The highest BCUT2D eigenvalue weighted by Crippen LogP contribution is 2.33. The van der Waals surface area contributed by atoms with E-state index in [4.69, 9.17) is 4.74 Å². The summed E-state index contributed by atoms with van der Waals surface area (Å²) in [6, 6.07) is 13.4. The second kappa shape index (κ2) is 9.42. The maximum Gasteiger partial charge on any atom is 0.227 e. The summed E-state index contributed by atoms with van der Waals surface area (Å²) in [6.07, 6.45) is 4.18. The summed E-state index contributed by atoms with van der Waals surface area (Å²) < 4.78 is 5.31. The summed E-state index contributed by atoms with van der Waals surface area (Å²) in [7, 11) is 1.56. The SMILES string of the molecule is C=CCc1cc(CN2CCC(C(=O)Nc3ccccc3)CC2)c(O)c(OC)c1. The molecule has 2 aromatic carbocycles. The molecule has 1 saturated heterocycles. The molecule has 0 aromatic heterocycles. The largest absolute Gasteiger partial charge is 0.504 e. The van der Waals surface area contributed by atoms with Gasteiger partial charge in [-0.1, -0.05) is 30.3 Å². The van der Waals surface area contributed by atoms with Crippen LogP contribution in [0.25, 0.3) is 0 Å². The monoisotopic (exact) mass is 380 g/mol. The molecule has 1 fully saturated rings. The lowest BCUT2D eigenvalue weighted by atomic mass is 9.95. The van der Waals surface area contributed by atoms with Crippen LogP contribution in [0.3, 0.4) is 0 Å². The molecule has 2 aromatic rings. The predicted octanol–water partition coefficient (Wildman–Crippen LogP) is 3.98. The zero-order chi connectivity index (χ0) is 19.9. The van der Waals surface area contributed by atoms with Gasteiger partial charge in [-0.2, -0.15) is 0 Å². The van der Waals surface area contributed by atoms with Gasteiger partial charge in [0.15, 0.2) is 11.5 Å². The van der Waals surface area contributed by atoms with Gasteiger partial charge in [-0.25, -0.2) is 0 Å². The van der Waals surface area contributed by atoms with Crippen molar-refractivity contribution in [1.82, 2.24) is 4.90 Å². The number of hydrogen-bond acceptors (Lipinski definition) is 4. The number of anilines is 1. The maximum absolute atomic E-state index is 12.5. The lowest BCUT2D eigenvalue weighted by molar-refractivity contribution is -0.121. The van der Waals surface area contributed by atoms with E-state index in [1.54, 1.807) is 7.11 Å². The van der Waals surface area contributed by atoms with E-state index in [2.05, 4.69) is 16.8 Å². The highest BCUT2D eigenvalue weighted by atomic mass is 16.5. The smallest absolute Gasteiger partial charge is 0.227 e. The molecule has 0 unspecified atom stereocenters. The molecule has 1 aliphatic rings. The fraction of sp³-hybridized carbons (Fsp3) is 0.348. The van der Waals surface area contributed by atoms with Gasteiger partial charge in [0.2, 0.25) is 5.91 Å². The molecule has 0 spiro atoms. The van der Waals surface area contributed by atoms with E-state index >= 15 is 0 Å². The Morgan fingerprint density at radius 2 is 2.00 bits per heavy atom. The Labute approximate surface area is 166 Å². The Balaban J connectivity index is 1.59. The van der Waals surface area contributed by atoms with Crippen molar-refractivity contribution in [3.8, 4) is 11.5 Å². The van der Waals surface area contributed by atoms with E-state index in [-0.39, 0.29) is 17.6 Å². The molecule has 5 heteroatoms. The van der Waals surface area contributed by atoms with Crippen molar-refractivity contribution in [2.45, 2.75) is 25.8 Å². The van der Waals surface area contributed by atoms with Crippen LogP contribution in [0.5, 0.6) is 11.5 Å². The third-order valence-electron chi connectivity index (χ3n) is 5.21. The van der Waals surface area contributed by atoms with Crippen LogP contribution in [0.1, 0.15) is 24.0 Å². The first-order chi connectivity index (χ1) is 13.6. The molecule has 5 nitrogen and oxygen atoms in total. The molecule has 0 saturated carbocycles. The molecule has 0 radical (unpaired) electrons. The molecular formula is C23H28N2O3. The van der Waals surface area contributed by atoms with Crippen molar-refractivity contribution in [3.63, 3.8) is 0 Å². The fourth-order valence-corrected chi connectivity index (χ4v) is 3.65. The minimum Gasteiger partial charge on any atom is -0.504 e.